The Hall–Kier alpha value is -1.87. The molecule has 7 heteroatoms. The molecule has 108 valence electrons. The van der Waals surface area contributed by atoms with Gasteiger partial charge in [0.2, 0.25) is 0 Å². The summed E-state index contributed by atoms with van der Waals surface area (Å²) in [4.78, 5) is 3.98. The van der Waals surface area contributed by atoms with Crippen molar-refractivity contribution >= 4 is 29.0 Å². The van der Waals surface area contributed by atoms with E-state index in [1.807, 2.05) is 6.07 Å². The van der Waals surface area contributed by atoms with Crippen LogP contribution in [-0.2, 0) is 0 Å². The number of aliphatic hydroxyl groups excluding tert-OH is 1. The smallest absolute Gasteiger partial charge is 0.161 e. The molecule has 0 spiro atoms. The van der Waals surface area contributed by atoms with Crippen LogP contribution >= 0.6 is 23.2 Å². The number of aromatic nitrogens is 1. The molecule has 0 aliphatic heterocycles. The van der Waals surface area contributed by atoms with Crippen LogP contribution in [0.25, 0.3) is 0 Å². The lowest BCUT2D eigenvalue weighted by atomic mass is 10.1. The fraction of sp³-hybridized carbons (Fsp3) is 0.143. The summed E-state index contributed by atoms with van der Waals surface area (Å²) >= 11 is 11.4. The van der Waals surface area contributed by atoms with Gasteiger partial charge < -0.3 is 10.4 Å². The van der Waals surface area contributed by atoms with Gasteiger partial charge in [-0.3, -0.25) is 0 Å². The molecule has 1 heterocycles. The van der Waals surface area contributed by atoms with Gasteiger partial charge in [-0.2, -0.15) is 5.26 Å². The van der Waals surface area contributed by atoms with Crippen LogP contribution in [0.1, 0.15) is 17.4 Å². The van der Waals surface area contributed by atoms with Gasteiger partial charge in [0, 0.05) is 6.54 Å². The van der Waals surface area contributed by atoms with E-state index < -0.39 is 11.9 Å². The average Bonchev–Trinajstić information content (AvgIpc) is 2.48. The Morgan fingerprint density at radius 1 is 1.29 bits per heavy atom. The van der Waals surface area contributed by atoms with Crippen LogP contribution < -0.4 is 5.32 Å². The van der Waals surface area contributed by atoms with Gasteiger partial charge in [0.15, 0.2) is 5.69 Å². The van der Waals surface area contributed by atoms with E-state index in [2.05, 4.69) is 10.3 Å². The summed E-state index contributed by atoms with van der Waals surface area (Å²) in [7, 11) is 0. The standard InChI is InChI=1S/C14H10Cl2FN3O/c15-9-2-1-8(5-11(9)17)13(21)7-19-14-4-3-10(16)12(6-18)20-14/h1-5,13,21H,7H2,(H,19,20). The molecule has 0 saturated heterocycles. The molecule has 2 N–H and O–H groups in total. The van der Waals surface area contributed by atoms with Crippen molar-refractivity contribution in [3.05, 3.63) is 57.5 Å². The average molecular weight is 326 g/mol. The van der Waals surface area contributed by atoms with Gasteiger partial charge in [0.1, 0.15) is 17.7 Å². The van der Waals surface area contributed by atoms with E-state index in [1.54, 1.807) is 6.07 Å². The van der Waals surface area contributed by atoms with Gasteiger partial charge in [0.05, 0.1) is 16.1 Å². The van der Waals surface area contributed by atoms with Crippen molar-refractivity contribution in [1.82, 2.24) is 4.98 Å². The summed E-state index contributed by atoms with van der Waals surface area (Å²) in [5.74, 6) is -0.200. The first-order chi connectivity index (χ1) is 10.0. The Morgan fingerprint density at radius 3 is 2.67 bits per heavy atom. The highest BCUT2D eigenvalue weighted by atomic mass is 35.5. The topological polar surface area (TPSA) is 68.9 Å². The summed E-state index contributed by atoms with van der Waals surface area (Å²) in [5.41, 5.74) is 0.479. The minimum atomic E-state index is -0.945. The Kier molecular flexibility index (Phi) is 4.97. The number of aliphatic hydroxyl groups is 1. The van der Waals surface area contributed by atoms with Gasteiger partial charge in [0.25, 0.3) is 0 Å². The summed E-state index contributed by atoms with van der Waals surface area (Å²) < 4.78 is 13.3. The van der Waals surface area contributed by atoms with Gasteiger partial charge >= 0.3 is 0 Å². The van der Waals surface area contributed by atoms with Crippen LogP contribution in [0.15, 0.2) is 30.3 Å². The van der Waals surface area contributed by atoms with Crippen LogP contribution in [0.4, 0.5) is 10.2 Å². The molecule has 2 rings (SSSR count). The molecule has 0 bridgehead atoms. The molecule has 0 fully saturated rings. The SMILES string of the molecule is N#Cc1nc(NCC(O)c2ccc(Cl)c(F)c2)ccc1Cl. The Morgan fingerprint density at radius 2 is 2.00 bits per heavy atom. The third-order valence-electron chi connectivity index (χ3n) is 2.76. The summed E-state index contributed by atoms with van der Waals surface area (Å²) in [6.45, 7) is 0.0978. The van der Waals surface area contributed by atoms with Crippen LogP contribution in [-0.4, -0.2) is 16.6 Å². The zero-order valence-electron chi connectivity index (χ0n) is 10.6. The van der Waals surface area contributed by atoms with Crippen molar-refractivity contribution < 1.29 is 9.50 Å². The second kappa shape index (κ2) is 6.72. The molecule has 1 unspecified atom stereocenters. The number of nitrogens with one attached hydrogen (secondary N) is 1. The van der Waals surface area contributed by atoms with Crippen molar-refractivity contribution in [3.8, 4) is 6.07 Å². The van der Waals surface area contributed by atoms with Crippen molar-refractivity contribution in [2.75, 3.05) is 11.9 Å². The van der Waals surface area contributed by atoms with Gasteiger partial charge in [-0.15, -0.1) is 0 Å². The zero-order chi connectivity index (χ0) is 15.4. The second-order valence-electron chi connectivity index (χ2n) is 4.21. The van der Waals surface area contributed by atoms with Gasteiger partial charge in [-0.1, -0.05) is 29.3 Å². The lowest BCUT2D eigenvalue weighted by Crippen LogP contribution is -2.13. The van der Waals surface area contributed by atoms with E-state index in [9.17, 15) is 9.50 Å². The highest BCUT2D eigenvalue weighted by Crippen LogP contribution is 2.21. The fourth-order valence-electron chi connectivity index (χ4n) is 1.66. The molecular weight excluding hydrogens is 316 g/mol. The predicted molar refractivity (Wildman–Crippen MR) is 78.8 cm³/mol. The number of anilines is 1. The molecule has 0 radical (unpaired) electrons. The highest BCUT2D eigenvalue weighted by molar-refractivity contribution is 6.31. The van der Waals surface area contributed by atoms with Crippen molar-refractivity contribution in [3.63, 3.8) is 0 Å². The maximum Gasteiger partial charge on any atom is 0.161 e. The Balaban J connectivity index is 2.05. The monoisotopic (exact) mass is 325 g/mol. The molecule has 1 aromatic heterocycles. The highest BCUT2D eigenvalue weighted by Gasteiger charge is 2.11. The first-order valence-corrected chi connectivity index (χ1v) is 6.70. The fourth-order valence-corrected chi connectivity index (χ4v) is 1.92. The lowest BCUT2D eigenvalue weighted by Gasteiger charge is -2.13. The predicted octanol–water partition coefficient (Wildman–Crippen LogP) is 3.54. The first-order valence-electron chi connectivity index (χ1n) is 5.95. The van der Waals surface area contributed by atoms with E-state index in [-0.39, 0.29) is 22.3 Å². The third kappa shape index (κ3) is 3.82. The number of pyridine rings is 1. The maximum atomic E-state index is 13.3. The van der Waals surface area contributed by atoms with Gasteiger partial charge in [-0.25, -0.2) is 9.37 Å². The molecule has 0 aliphatic rings. The largest absolute Gasteiger partial charge is 0.387 e. The minimum absolute atomic E-state index is 0.00283. The van der Waals surface area contributed by atoms with Crippen LogP contribution in [0, 0.1) is 17.1 Å². The Bertz CT molecular complexity index is 703. The molecule has 21 heavy (non-hydrogen) atoms. The molecular formula is C14H10Cl2FN3O. The first kappa shape index (κ1) is 15.5. The van der Waals surface area contributed by atoms with Crippen molar-refractivity contribution in [2.24, 2.45) is 0 Å². The van der Waals surface area contributed by atoms with E-state index in [4.69, 9.17) is 28.5 Å². The minimum Gasteiger partial charge on any atom is -0.387 e. The molecule has 0 saturated carbocycles. The van der Waals surface area contributed by atoms with Crippen LogP contribution in [0.5, 0.6) is 0 Å². The molecule has 1 aromatic carbocycles. The third-order valence-corrected chi connectivity index (χ3v) is 3.37. The summed E-state index contributed by atoms with van der Waals surface area (Å²) in [6, 6.07) is 9.06. The number of benzene rings is 1. The normalized spacial score (nSPS) is 11.8. The number of rotatable bonds is 4. The van der Waals surface area contributed by atoms with E-state index in [0.717, 1.165) is 0 Å². The molecule has 0 amide bonds. The maximum absolute atomic E-state index is 13.3. The number of nitriles is 1. The molecule has 0 aliphatic carbocycles. The van der Waals surface area contributed by atoms with Crippen molar-refractivity contribution in [2.45, 2.75) is 6.10 Å². The van der Waals surface area contributed by atoms with Gasteiger partial charge in [-0.05, 0) is 29.8 Å². The lowest BCUT2D eigenvalue weighted by molar-refractivity contribution is 0.191. The zero-order valence-corrected chi connectivity index (χ0v) is 12.2. The summed E-state index contributed by atoms with van der Waals surface area (Å²) in [5, 5.41) is 21.9. The summed E-state index contributed by atoms with van der Waals surface area (Å²) in [6.07, 6.45) is -0.945. The van der Waals surface area contributed by atoms with Crippen molar-refractivity contribution in [1.29, 1.82) is 5.26 Å². The molecule has 1 atom stereocenters. The Labute approximate surface area is 130 Å². The van der Waals surface area contributed by atoms with E-state index >= 15 is 0 Å². The van der Waals surface area contributed by atoms with Crippen LogP contribution in [0.3, 0.4) is 0 Å². The number of hydrogen-bond donors (Lipinski definition) is 2. The number of nitrogens with zero attached hydrogens (tertiary/aromatic N) is 2. The number of hydrogen-bond acceptors (Lipinski definition) is 4. The second-order valence-corrected chi connectivity index (χ2v) is 5.02. The van der Waals surface area contributed by atoms with E-state index in [0.29, 0.717) is 11.4 Å². The van der Waals surface area contributed by atoms with E-state index in [1.165, 1.54) is 24.3 Å². The molecule has 2 aromatic rings. The number of halogens is 3. The van der Waals surface area contributed by atoms with Crippen LogP contribution in [0.2, 0.25) is 10.0 Å². The quantitative estimate of drug-likeness (QED) is 0.902. The molecule has 4 nitrogen and oxygen atoms in total.